The van der Waals surface area contributed by atoms with E-state index in [1.54, 1.807) is 6.92 Å². The molecule has 2 N–H and O–H groups in total. The van der Waals surface area contributed by atoms with Gasteiger partial charge in [-0.2, -0.15) is 0 Å². The van der Waals surface area contributed by atoms with Gasteiger partial charge >= 0.3 is 0 Å². The van der Waals surface area contributed by atoms with Gasteiger partial charge in [-0.15, -0.1) is 0 Å². The Balaban J connectivity index is 1.93. The van der Waals surface area contributed by atoms with Gasteiger partial charge in [0.15, 0.2) is 0 Å². The molecule has 2 fully saturated rings. The number of allylic oxidation sites excluding steroid dienone is 4. The fourth-order valence-corrected chi connectivity index (χ4v) is 3.50. The Morgan fingerprint density at radius 1 is 1.48 bits per heavy atom. The van der Waals surface area contributed by atoms with E-state index in [0.29, 0.717) is 12.8 Å². The maximum Gasteiger partial charge on any atom is 0.224 e. The van der Waals surface area contributed by atoms with E-state index in [2.05, 4.69) is 11.9 Å². The van der Waals surface area contributed by atoms with E-state index in [4.69, 9.17) is 4.74 Å². The smallest absolute Gasteiger partial charge is 0.224 e. The lowest BCUT2D eigenvalue weighted by molar-refractivity contribution is -0.127. The van der Waals surface area contributed by atoms with Gasteiger partial charge in [-0.05, 0) is 38.3 Å². The number of aliphatic hydroxyl groups excluding tert-OH is 1. The van der Waals surface area contributed by atoms with Crippen LogP contribution >= 0.6 is 0 Å². The lowest BCUT2D eigenvalue weighted by Crippen LogP contribution is -2.57. The van der Waals surface area contributed by atoms with Crippen LogP contribution in [-0.4, -0.2) is 28.8 Å². The first-order valence-electron chi connectivity index (χ1n) is 8.64. The summed E-state index contributed by atoms with van der Waals surface area (Å²) in [6.07, 6.45) is 11.0. The highest BCUT2D eigenvalue weighted by atomic mass is 16.5. The summed E-state index contributed by atoms with van der Waals surface area (Å²) >= 11 is 0. The molecule has 0 aromatic carbocycles. The summed E-state index contributed by atoms with van der Waals surface area (Å²) in [6, 6.07) is 0. The van der Waals surface area contributed by atoms with Crippen LogP contribution in [-0.2, 0) is 9.53 Å². The first kappa shape index (κ1) is 17.8. The Labute approximate surface area is 139 Å². The fourth-order valence-electron chi connectivity index (χ4n) is 3.50. The van der Waals surface area contributed by atoms with Gasteiger partial charge in [0, 0.05) is 6.42 Å². The molecule has 2 atom stereocenters. The maximum atomic E-state index is 12.4. The number of nitrogens with one attached hydrogen (secondary N) is 1. The van der Waals surface area contributed by atoms with Gasteiger partial charge in [0.2, 0.25) is 5.91 Å². The molecule has 1 aliphatic heterocycles. The van der Waals surface area contributed by atoms with Gasteiger partial charge in [0.1, 0.15) is 11.9 Å². The van der Waals surface area contributed by atoms with Crippen LogP contribution in [0.15, 0.2) is 36.1 Å². The predicted molar refractivity (Wildman–Crippen MR) is 91.8 cm³/mol. The number of amides is 1. The lowest BCUT2D eigenvalue weighted by Gasteiger charge is -2.40. The van der Waals surface area contributed by atoms with Gasteiger partial charge in [0.05, 0.1) is 18.1 Å². The lowest BCUT2D eigenvalue weighted by atomic mass is 9.78. The van der Waals surface area contributed by atoms with Crippen molar-refractivity contribution in [2.45, 2.75) is 76.5 Å². The second-order valence-corrected chi connectivity index (χ2v) is 6.75. The molecule has 0 aromatic heterocycles. The zero-order chi connectivity index (χ0) is 16.9. The molecule has 0 radical (unpaired) electrons. The number of carbonyl (C=O) groups excluding carboxylic acids is 1. The highest BCUT2D eigenvalue weighted by Crippen LogP contribution is 2.33. The normalized spacial score (nSPS) is 27.2. The molecule has 0 spiro atoms. The summed E-state index contributed by atoms with van der Waals surface area (Å²) in [4.78, 5) is 12.4. The summed E-state index contributed by atoms with van der Waals surface area (Å²) in [5.41, 5.74) is 0.470. The predicted octanol–water partition coefficient (Wildman–Crippen LogP) is 3.38. The van der Waals surface area contributed by atoms with Crippen molar-refractivity contribution in [3.8, 4) is 0 Å². The summed E-state index contributed by atoms with van der Waals surface area (Å²) in [7, 11) is 0. The van der Waals surface area contributed by atoms with E-state index in [1.807, 2.05) is 25.2 Å². The summed E-state index contributed by atoms with van der Waals surface area (Å²) < 4.78 is 5.82. The molecule has 1 heterocycles. The molecule has 2 unspecified atom stereocenters. The minimum atomic E-state index is -0.531. The average molecular weight is 319 g/mol. The van der Waals surface area contributed by atoms with Crippen LogP contribution in [0.2, 0.25) is 0 Å². The van der Waals surface area contributed by atoms with E-state index in [9.17, 15) is 9.90 Å². The van der Waals surface area contributed by atoms with Gasteiger partial charge in [-0.1, -0.05) is 38.0 Å². The summed E-state index contributed by atoms with van der Waals surface area (Å²) in [6.45, 7) is 7.72. The fraction of sp³-hybridized carbons (Fsp3) is 0.632. The van der Waals surface area contributed by atoms with Gasteiger partial charge < -0.3 is 15.2 Å². The van der Waals surface area contributed by atoms with Crippen LogP contribution < -0.4 is 5.32 Å². The molecule has 1 saturated carbocycles. The number of rotatable bonds is 5. The first-order valence-corrected chi connectivity index (χ1v) is 8.64. The van der Waals surface area contributed by atoms with Crippen molar-refractivity contribution in [2.75, 3.05) is 0 Å². The highest BCUT2D eigenvalue weighted by molar-refractivity contribution is 5.77. The zero-order valence-corrected chi connectivity index (χ0v) is 14.3. The Morgan fingerprint density at radius 2 is 2.17 bits per heavy atom. The number of hydrogen-bond donors (Lipinski definition) is 2. The van der Waals surface area contributed by atoms with Gasteiger partial charge in [0.25, 0.3) is 0 Å². The highest BCUT2D eigenvalue weighted by Gasteiger charge is 2.38. The molecule has 2 rings (SSSR count). The maximum absolute atomic E-state index is 12.4. The van der Waals surface area contributed by atoms with Crippen molar-refractivity contribution >= 4 is 5.91 Å². The second kappa shape index (κ2) is 7.82. The summed E-state index contributed by atoms with van der Waals surface area (Å²) in [5, 5.41) is 13.2. The monoisotopic (exact) mass is 319 g/mol. The van der Waals surface area contributed by atoms with E-state index in [0.717, 1.165) is 37.0 Å². The second-order valence-electron chi connectivity index (χ2n) is 6.75. The molecule has 2 aliphatic rings. The third-order valence-corrected chi connectivity index (χ3v) is 4.90. The van der Waals surface area contributed by atoms with Crippen molar-refractivity contribution in [2.24, 2.45) is 0 Å². The molecule has 1 amide bonds. The number of aliphatic hydroxyl groups is 1. The minimum Gasteiger partial charge on any atom is -0.489 e. The van der Waals surface area contributed by atoms with Crippen molar-refractivity contribution in [3.63, 3.8) is 0 Å². The minimum absolute atomic E-state index is 0.0436. The first-order chi connectivity index (χ1) is 11.0. The van der Waals surface area contributed by atoms with Crippen molar-refractivity contribution < 1.29 is 14.6 Å². The van der Waals surface area contributed by atoms with Crippen LogP contribution in [0.3, 0.4) is 0 Å². The average Bonchev–Trinajstić information content (AvgIpc) is 2.85. The zero-order valence-electron chi connectivity index (χ0n) is 14.3. The van der Waals surface area contributed by atoms with Crippen molar-refractivity contribution in [1.82, 2.24) is 5.32 Å². The van der Waals surface area contributed by atoms with E-state index in [1.165, 1.54) is 6.42 Å². The van der Waals surface area contributed by atoms with Crippen LogP contribution in [0, 0.1) is 0 Å². The molecule has 128 valence electrons. The third-order valence-electron chi connectivity index (χ3n) is 4.90. The SMILES string of the molecule is C=C1CC(CC(=O)NC2(C(C)O)CCCCC2)O/C1=C/C=C\C. The topological polar surface area (TPSA) is 58.6 Å². The number of hydrogen-bond acceptors (Lipinski definition) is 3. The standard InChI is InChI=1S/C19H29NO3/c1-4-5-9-17-14(2)12-16(23-17)13-18(22)20-19(15(3)21)10-7-6-8-11-19/h4-5,9,15-16,21H,2,6-8,10-13H2,1,3H3,(H,20,22)/b5-4-,17-9+. The third kappa shape index (κ3) is 4.47. The molecular weight excluding hydrogens is 290 g/mol. The van der Waals surface area contributed by atoms with Crippen molar-refractivity contribution in [1.29, 1.82) is 0 Å². The Hall–Kier alpha value is -1.55. The van der Waals surface area contributed by atoms with Crippen LogP contribution in [0.4, 0.5) is 0 Å². The molecule has 23 heavy (non-hydrogen) atoms. The Bertz CT molecular complexity index is 499. The molecule has 1 saturated heterocycles. The van der Waals surface area contributed by atoms with E-state index < -0.39 is 11.6 Å². The van der Waals surface area contributed by atoms with Crippen molar-refractivity contribution in [3.05, 3.63) is 36.1 Å². The molecule has 4 nitrogen and oxygen atoms in total. The van der Waals surface area contributed by atoms with E-state index in [-0.39, 0.29) is 12.0 Å². The molecule has 0 bridgehead atoms. The Morgan fingerprint density at radius 3 is 2.78 bits per heavy atom. The van der Waals surface area contributed by atoms with E-state index >= 15 is 0 Å². The molecule has 4 heteroatoms. The molecule has 0 aromatic rings. The largest absolute Gasteiger partial charge is 0.489 e. The van der Waals surface area contributed by atoms with Gasteiger partial charge in [-0.25, -0.2) is 0 Å². The van der Waals surface area contributed by atoms with Gasteiger partial charge in [-0.3, -0.25) is 4.79 Å². The Kier molecular flexibility index (Phi) is 6.05. The summed E-state index contributed by atoms with van der Waals surface area (Å²) in [5.74, 6) is 0.724. The van der Waals surface area contributed by atoms with Crippen LogP contribution in [0.5, 0.6) is 0 Å². The number of carbonyl (C=O) groups is 1. The molecule has 1 aliphatic carbocycles. The number of ether oxygens (including phenoxy) is 1. The van der Waals surface area contributed by atoms with Crippen LogP contribution in [0.1, 0.15) is 58.8 Å². The quantitative estimate of drug-likeness (QED) is 0.817. The molecular formula is C19H29NO3. The van der Waals surface area contributed by atoms with Crippen LogP contribution in [0.25, 0.3) is 0 Å².